The fourth-order valence-corrected chi connectivity index (χ4v) is 4.08. The number of nitrogens with zero attached hydrogens (tertiary/aromatic N) is 5. The average Bonchev–Trinajstić information content (AvgIpc) is 3.28. The van der Waals surface area contributed by atoms with Crippen LogP contribution in [0.25, 0.3) is 11.1 Å². The molecule has 1 amide bonds. The molecule has 3 aromatic heterocycles. The molecule has 0 saturated carbocycles. The summed E-state index contributed by atoms with van der Waals surface area (Å²) in [5.41, 5.74) is 2.85. The number of nitrogens with one attached hydrogen (secondary N) is 1. The highest BCUT2D eigenvalue weighted by Crippen LogP contribution is 2.31. The summed E-state index contributed by atoms with van der Waals surface area (Å²) in [6.07, 6.45) is 4.55. The maximum Gasteiger partial charge on any atom is 0.417 e. The van der Waals surface area contributed by atoms with Crippen molar-refractivity contribution in [3.8, 4) is 16.9 Å². The molecule has 190 valence electrons. The van der Waals surface area contributed by atoms with Crippen molar-refractivity contribution in [2.24, 2.45) is 7.05 Å². The molecular weight excluding hydrogens is 485 g/mol. The summed E-state index contributed by atoms with van der Waals surface area (Å²) in [6.45, 7) is 3.03. The first-order valence-electron chi connectivity index (χ1n) is 11.5. The number of carbonyl (C=O) groups is 1. The van der Waals surface area contributed by atoms with Gasteiger partial charge in [-0.15, -0.1) is 0 Å². The monoisotopic (exact) mass is 508 g/mol. The molecule has 1 saturated heterocycles. The SMILES string of the molecule is Cc1c(OC2CN(c3cncc(-c4cnn(C)c4)c3)C2)cccc1C(=O)Nc1cncc(C(F)(F)F)c1. The number of hydrogen-bond acceptors (Lipinski definition) is 6. The smallest absolute Gasteiger partial charge is 0.417 e. The number of benzene rings is 1. The number of aromatic nitrogens is 4. The van der Waals surface area contributed by atoms with Gasteiger partial charge in [0, 0.05) is 47.9 Å². The predicted octanol–water partition coefficient (Wildman–Crippen LogP) is 4.72. The standard InChI is InChI=1S/C26H23F3N6O2/c1-16-23(25(36)33-20-7-19(10-31-11-20)26(27,28)29)4-3-5-24(16)37-22-14-35(15-22)21-6-17(8-30-12-21)18-9-32-34(2)13-18/h3-13,22H,14-15H2,1-2H3,(H,33,36). The van der Waals surface area contributed by atoms with Gasteiger partial charge in [0.05, 0.1) is 48.6 Å². The average molecular weight is 509 g/mol. The first kappa shape index (κ1) is 24.3. The van der Waals surface area contributed by atoms with Crippen LogP contribution in [0, 0.1) is 6.92 Å². The van der Waals surface area contributed by atoms with Gasteiger partial charge in [-0.05, 0) is 31.2 Å². The minimum absolute atomic E-state index is 0.0395. The minimum atomic E-state index is -4.55. The molecule has 1 aliphatic heterocycles. The van der Waals surface area contributed by atoms with Crippen LogP contribution in [0.4, 0.5) is 24.5 Å². The van der Waals surface area contributed by atoms with Gasteiger partial charge in [0.2, 0.25) is 0 Å². The zero-order valence-corrected chi connectivity index (χ0v) is 20.0. The third-order valence-corrected chi connectivity index (χ3v) is 6.12. The summed E-state index contributed by atoms with van der Waals surface area (Å²) < 4.78 is 46.8. The molecule has 0 aliphatic carbocycles. The molecule has 0 bridgehead atoms. The van der Waals surface area contributed by atoms with E-state index in [1.54, 1.807) is 48.4 Å². The Balaban J connectivity index is 1.23. The fraction of sp³-hybridized carbons (Fsp3) is 0.231. The molecule has 11 heteroatoms. The fourth-order valence-electron chi connectivity index (χ4n) is 4.08. The van der Waals surface area contributed by atoms with Crippen LogP contribution < -0.4 is 15.0 Å². The molecule has 1 aliphatic rings. The van der Waals surface area contributed by atoms with Crippen molar-refractivity contribution in [2.75, 3.05) is 23.3 Å². The molecule has 0 spiro atoms. The summed E-state index contributed by atoms with van der Waals surface area (Å²) in [5.74, 6) is -0.000644. The third-order valence-electron chi connectivity index (χ3n) is 6.12. The van der Waals surface area contributed by atoms with Gasteiger partial charge in [-0.25, -0.2) is 0 Å². The number of hydrogen-bond donors (Lipinski definition) is 1. The molecule has 1 N–H and O–H groups in total. The Morgan fingerprint density at radius 2 is 1.84 bits per heavy atom. The maximum atomic E-state index is 13.0. The number of ether oxygens (including phenoxy) is 1. The molecule has 0 radical (unpaired) electrons. The number of alkyl halides is 3. The Hall–Kier alpha value is -4.41. The molecule has 4 heterocycles. The summed E-state index contributed by atoms with van der Waals surface area (Å²) in [5, 5.41) is 6.69. The maximum absolute atomic E-state index is 13.0. The topological polar surface area (TPSA) is 85.2 Å². The van der Waals surface area contributed by atoms with Crippen molar-refractivity contribution in [2.45, 2.75) is 19.2 Å². The van der Waals surface area contributed by atoms with Crippen molar-refractivity contribution < 1.29 is 22.7 Å². The molecule has 0 unspecified atom stereocenters. The van der Waals surface area contributed by atoms with E-state index in [-0.39, 0.29) is 11.8 Å². The second-order valence-corrected chi connectivity index (χ2v) is 8.82. The van der Waals surface area contributed by atoms with Gasteiger partial charge in [0.1, 0.15) is 11.9 Å². The lowest BCUT2D eigenvalue weighted by molar-refractivity contribution is -0.137. The van der Waals surface area contributed by atoms with E-state index < -0.39 is 17.6 Å². The van der Waals surface area contributed by atoms with Crippen LogP contribution in [0.15, 0.2) is 67.5 Å². The molecule has 8 nitrogen and oxygen atoms in total. The number of carbonyl (C=O) groups excluding carboxylic acids is 1. The Bertz CT molecular complexity index is 1450. The Morgan fingerprint density at radius 1 is 1.05 bits per heavy atom. The molecule has 0 atom stereocenters. The van der Waals surface area contributed by atoms with Gasteiger partial charge in [-0.3, -0.25) is 19.4 Å². The summed E-state index contributed by atoms with van der Waals surface area (Å²) in [7, 11) is 1.86. The third kappa shape index (κ3) is 5.25. The molecule has 4 aromatic rings. The predicted molar refractivity (Wildman–Crippen MR) is 131 cm³/mol. The van der Waals surface area contributed by atoms with E-state index in [9.17, 15) is 18.0 Å². The molecule has 5 rings (SSSR count). The summed E-state index contributed by atoms with van der Waals surface area (Å²) in [6, 6.07) is 7.95. The first-order valence-corrected chi connectivity index (χ1v) is 11.5. The summed E-state index contributed by atoms with van der Waals surface area (Å²) >= 11 is 0. The van der Waals surface area contributed by atoms with E-state index in [0.717, 1.165) is 22.9 Å². The van der Waals surface area contributed by atoms with Crippen LogP contribution in [-0.4, -0.2) is 44.8 Å². The quantitative estimate of drug-likeness (QED) is 0.406. The minimum Gasteiger partial charge on any atom is -0.486 e. The van der Waals surface area contributed by atoms with E-state index in [1.807, 2.05) is 13.2 Å². The second kappa shape index (κ2) is 9.57. The number of amides is 1. The first-order chi connectivity index (χ1) is 17.7. The molecule has 1 aromatic carbocycles. The van der Waals surface area contributed by atoms with Gasteiger partial charge in [-0.2, -0.15) is 18.3 Å². The number of pyridine rings is 2. The number of halogens is 3. The van der Waals surface area contributed by atoms with Gasteiger partial charge >= 0.3 is 6.18 Å². The van der Waals surface area contributed by atoms with Crippen LogP contribution >= 0.6 is 0 Å². The highest BCUT2D eigenvalue weighted by atomic mass is 19.4. The van der Waals surface area contributed by atoms with Gasteiger partial charge in [0.25, 0.3) is 5.91 Å². The van der Waals surface area contributed by atoms with E-state index in [2.05, 4.69) is 31.3 Å². The Labute approximate surface area is 210 Å². The number of rotatable bonds is 6. The van der Waals surface area contributed by atoms with Crippen molar-refractivity contribution in [3.05, 3.63) is 84.2 Å². The van der Waals surface area contributed by atoms with Crippen molar-refractivity contribution in [3.63, 3.8) is 0 Å². The van der Waals surface area contributed by atoms with Gasteiger partial charge in [0.15, 0.2) is 0 Å². The molecule has 1 fully saturated rings. The van der Waals surface area contributed by atoms with E-state index in [4.69, 9.17) is 4.74 Å². The van der Waals surface area contributed by atoms with Crippen molar-refractivity contribution in [1.29, 1.82) is 0 Å². The number of anilines is 2. The van der Waals surface area contributed by atoms with Crippen molar-refractivity contribution >= 4 is 17.3 Å². The lowest BCUT2D eigenvalue weighted by Crippen LogP contribution is -2.54. The highest BCUT2D eigenvalue weighted by Gasteiger charge is 2.32. The van der Waals surface area contributed by atoms with Crippen LogP contribution in [0.2, 0.25) is 0 Å². The van der Waals surface area contributed by atoms with Crippen LogP contribution in [0.1, 0.15) is 21.5 Å². The van der Waals surface area contributed by atoms with Crippen LogP contribution in [-0.2, 0) is 13.2 Å². The van der Waals surface area contributed by atoms with Crippen molar-refractivity contribution in [1.82, 2.24) is 19.7 Å². The van der Waals surface area contributed by atoms with Crippen LogP contribution in [0.5, 0.6) is 5.75 Å². The van der Waals surface area contributed by atoms with E-state index in [0.29, 0.717) is 36.2 Å². The van der Waals surface area contributed by atoms with Gasteiger partial charge in [-0.1, -0.05) is 6.07 Å². The largest absolute Gasteiger partial charge is 0.486 e. The lowest BCUT2D eigenvalue weighted by Gasteiger charge is -2.40. The van der Waals surface area contributed by atoms with Crippen LogP contribution in [0.3, 0.4) is 0 Å². The second-order valence-electron chi connectivity index (χ2n) is 8.82. The number of aryl methyl sites for hydroxylation is 1. The zero-order valence-electron chi connectivity index (χ0n) is 20.0. The Morgan fingerprint density at radius 3 is 2.57 bits per heavy atom. The van der Waals surface area contributed by atoms with Gasteiger partial charge < -0.3 is 15.0 Å². The Kier molecular flexibility index (Phi) is 6.28. The van der Waals surface area contributed by atoms with E-state index >= 15 is 0 Å². The highest BCUT2D eigenvalue weighted by molar-refractivity contribution is 6.05. The van der Waals surface area contributed by atoms with E-state index in [1.165, 1.54) is 6.20 Å². The molecule has 37 heavy (non-hydrogen) atoms. The molecular formula is C26H23F3N6O2. The lowest BCUT2D eigenvalue weighted by atomic mass is 10.1. The normalized spacial score (nSPS) is 13.8. The summed E-state index contributed by atoms with van der Waals surface area (Å²) in [4.78, 5) is 22.9. The zero-order chi connectivity index (χ0) is 26.2.